The van der Waals surface area contributed by atoms with E-state index < -0.39 is 30.0 Å². The van der Waals surface area contributed by atoms with Gasteiger partial charge in [0.15, 0.2) is 0 Å². The zero-order chi connectivity index (χ0) is 27.9. The molecule has 210 valence electrons. The molecule has 0 amide bonds. The summed E-state index contributed by atoms with van der Waals surface area (Å²) in [6, 6.07) is 6.90. The molecule has 12 nitrogen and oxygen atoms in total. The van der Waals surface area contributed by atoms with Gasteiger partial charge in [0.2, 0.25) is 0 Å². The Bertz CT molecular complexity index is 1330. The molecule has 3 aromatic rings. The summed E-state index contributed by atoms with van der Waals surface area (Å²) in [6.07, 6.45) is 9.09. The van der Waals surface area contributed by atoms with Gasteiger partial charge in [0.25, 0.3) is 6.33 Å². The fourth-order valence-electron chi connectivity index (χ4n) is 1.65. The summed E-state index contributed by atoms with van der Waals surface area (Å²) < 4.78 is 69.9. The van der Waals surface area contributed by atoms with Crippen molar-refractivity contribution >= 4 is 103 Å². The summed E-state index contributed by atoms with van der Waals surface area (Å²) in [5, 5.41) is 7.27. The summed E-state index contributed by atoms with van der Waals surface area (Å²) in [5.41, 5.74) is 6.04. The number of halogens is 6. The molecule has 0 atom stereocenters. The van der Waals surface area contributed by atoms with Gasteiger partial charge in [0.05, 0.1) is 19.6 Å². The molecule has 2 radical (unpaired) electrons. The van der Waals surface area contributed by atoms with Gasteiger partial charge < -0.3 is 12.4 Å². The quantitative estimate of drug-likeness (QED) is 0.142. The van der Waals surface area contributed by atoms with Crippen molar-refractivity contribution in [2.24, 2.45) is 7.05 Å². The van der Waals surface area contributed by atoms with Crippen LogP contribution in [0.2, 0.25) is 0 Å². The number of para-hydroxylation sites is 1. The molecular formula is C14H22BClI5N5O7S3-2. The van der Waals surface area contributed by atoms with Crippen LogP contribution in [0, 0.1) is 0 Å². The Morgan fingerprint density at radius 1 is 1.00 bits per heavy atom. The summed E-state index contributed by atoms with van der Waals surface area (Å²) in [6.45, 7) is 0. The van der Waals surface area contributed by atoms with Crippen LogP contribution >= 0.6 is 55.8 Å². The van der Waals surface area contributed by atoms with Crippen LogP contribution in [-0.2, 0) is 37.0 Å². The first kappa shape index (κ1) is 42.0. The summed E-state index contributed by atoms with van der Waals surface area (Å²) in [7, 11) is -7.57. The van der Waals surface area contributed by atoms with Gasteiger partial charge in [0.1, 0.15) is 33.3 Å². The number of aryl methyl sites for hydroxylation is 1. The van der Waals surface area contributed by atoms with Crippen molar-refractivity contribution in [1.29, 1.82) is 0 Å². The number of sulfone groups is 1. The maximum Gasteiger partial charge on any atom is -1.00 e. The molecule has 2 aromatic heterocycles. The summed E-state index contributed by atoms with van der Waals surface area (Å²) >= 11 is 7.54. The van der Waals surface area contributed by atoms with Crippen LogP contribution < -0.4 is 51.5 Å². The number of rotatable bonds is 3. The Labute approximate surface area is 269 Å². The zero-order valence-electron chi connectivity index (χ0n) is 19.2. The van der Waals surface area contributed by atoms with E-state index in [9.17, 15) is 25.3 Å². The molecule has 0 aliphatic heterocycles. The van der Waals surface area contributed by atoms with Crippen LogP contribution in [0.25, 0.3) is 11.0 Å². The molecule has 1 aromatic carbocycles. The smallest absolute Gasteiger partial charge is 1.00 e. The second-order valence-electron chi connectivity index (χ2n) is 6.18. The largest absolute Gasteiger partial charge is 1.00 e. The first-order valence-corrected chi connectivity index (χ1v) is 34.4. The normalized spacial score (nSPS) is 10.7. The van der Waals surface area contributed by atoms with E-state index in [1.54, 1.807) is 42.1 Å². The number of hydrogen-bond acceptors (Lipinski definition) is 9. The average molecular weight is 1150 g/mol. The molecule has 36 heavy (non-hydrogen) atoms. The third-order valence-electron chi connectivity index (χ3n) is 2.66. The molecule has 0 bridgehead atoms. The summed E-state index contributed by atoms with van der Waals surface area (Å²) in [4.78, 5) is 0.880. The van der Waals surface area contributed by atoms with E-state index in [0.29, 0.717) is 24.3 Å². The van der Waals surface area contributed by atoms with E-state index in [4.69, 9.17) is 5.70 Å². The molecule has 0 aliphatic rings. The maximum atomic E-state index is 10.8. The van der Waals surface area contributed by atoms with Gasteiger partial charge in [-0.1, -0.05) is 17.0 Å². The molecule has 0 aliphatic carbocycles. The minimum absolute atomic E-state index is 0. The van der Waals surface area contributed by atoms with E-state index in [0.717, 1.165) is 33.8 Å². The fourth-order valence-corrected chi connectivity index (χ4v) is 2.62. The Balaban J connectivity index is -0.000000435. The average Bonchev–Trinajstić information content (AvgIpc) is 3.28. The molecule has 0 fully saturated rings. The number of nitrogens with zero attached hydrogens (tertiary/aromatic N) is 5. The van der Waals surface area contributed by atoms with E-state index in [1.807, 2.05) is 0 Å². The Morgan fingerprint density at radius 3 is 1.78 bits per heavy atom. The SMILES string of the molecule is CS(=O)(=O)On1nnc2ccccc21.CS(C)(=O)=O.C[n+]1ccn(S(C)(=O)=O)c1.I[I-]I.[B][I-]I.[Cl-]. The second kappa shape index (κ2) is 21.3. The van der Waals surface area contributed by atoms with Crippen LogP contribution in [0.5, 0.6) is 0 Å². The van der Waals surface area contributed by atoms with Gasteiger partial charge in [-0.15, -0.1) is 9.07 Å². The van der Waals surface area contributed by atoms with Crippen LogP contribution in [-0.4, -0.2) is 75.1 Å². The third kappa shape index (κ3) is 24.5. The van der Waals surface area contributed by atoms with E-state index in [2.05, 4.69) is 70.4 Å². The van der Waals surface area contributed by atoms with Crippen molar-refractivity contribution in [3.63, 3.8) is 0 Å². The number of hydrogen-bond donors (Lipinski definition) is 0. The number of benzene rings is 1. The minimum atomic E-state index is -3.58. The first-order valence-electron chi connectivity index (χ1n) is 8.30. The van der Waals surface area contributed by atoms with Crippen molar-refractivity contribution in [2.75, 3.05) is 25.0 Å². The number of imidazole rings is 1. The Kier molecular flexibility index (Phi) is 24.8. The molecule has 0 saturated carbocycles. The van der Waals surface area contributed by atoms with Crippen molar-refractivity contribution in [3.8, 4) is 0 Å². The Hall–Kier alpha value is 1.48. The second-order valence-corrected chi connectivity index (χ2v) is 31.8. The maximum absolute atomic E-state index is 10.8. The number of aromatic nitrogens is 5. The third-order valence-corrected chi connectivity index (χ3v) is 4.05. The Morgan fingerprint density at radius 2 is 1.44 bits per heavy atom. The monoisotopic (exact) mass is 1150 g/mol. The molecule has 2 heterocycles. The van der Waals surface area contributed by atoms with Crippen molar-refractivity contribution in [2.45, 2.75) is 0 Å². The van der Waals surface area contributed by atoms with Crippen LogP contribution in [0.4, 0.5) is 0 Å². The topological polar surface area (TPSA) is 151 Å². The zero-order valence-corrected chi connectivity index (χ0v) is 33.2. The van der Waals surface area contributed by atoms with E-state index >= 15 is 0 Å². The van der Waals surface area contributed by atoms with E-state index in [1.165, 1.54) is 12.5 Å². The molecule has 0 N–H and O–H groups in total. The minimum Gasteiger partial charge on any atom is -1.00 e. The first-order chi connectivity index (χ1) is 15.9. The molecule has 3 rings (SSSR count). The van der Waals surface area contributed by atoms with Gasteiger partial charge >= 0.3 is 112 Å². The molecule has 0 spiro atoms. The standard InChI is InChI=1S/C7H7N3O3S.C5H9N2O2S.C2H6O2S.BI2.ClH.I3/c1-14(11,12)13-10-7-5-3-2-4-6(7)8-9-10;1-6-3-4-7(5-6)10(2,8)9;1-5(2,3)4;1-3-2;;1-3-2/h2-5H,1H3;3-5H,1-2H3;1-2H3;;1H;/q;+1;;-1;;-1/p-1. The van der Waals surface area contributed by atoms with Gasteiger partial charge in [-0.25, -0.2) is 13.0 Å². The van der Waals surface area contributed by atoms with Crippen LogP contribution in [0.1, 0.15) is 0 Å². The van der Waals surface area contributed by atoms with Crippen LogP contribution in [0.15, 0.2) is 43.0 Å². The van der Waals surface area contributed by atoms with Crippen molar-refractivity contribution in [1.82, 2.24) is 19.1 Å². The van der Waals surface area contributed by atoms with Crippen molar-refractivity contribution < 1.29 is 76.8 Å². The fraction of sp³-hybridized carbons (Fsp3) is 0.357. The predicted octanol–water partition coefficient (Wildman–Crippen LogP) is -8.11. The molecular weight excluding hydrogens is 1130 g/mol. The van der Waals surface area contributed by atoms with Gasteiger partial charge in [-0.05, 0) is 17.3 Å². The molecule has 0 saturated heterocycles. The molecule has 22 heteroatoms. The number of fused-ring (bicyclic) bond motifs is 1. The van der Waals surface area contributed by atoms with Crippen molar-refractivity contribution in [3.05, 3.63) is 43.0 Å². The van der Waals surface area contributed by atoms with Gasteiger partial charge in [0, 0.05) is 12.5 Å². The molecule has 0 unspecified atom stereocenters. The van der Waals surface area contributed by atoms with Gasteiger partial charge in [-0.2, -0.15) is 16.8 Å². The van der Waals surface area contributed by atoms with Crippen LogP contribution in [0.3, 0.4) is 0 Å². The van der Waals surface area contributed by atoms with E-state index in [-0.39, 0.29) is 29.4 Å². The predicted molar refractivity (Wildman–Crippen MR) is 153 cm³/mol. The van der Waals surface area contributed by atoms with Gasteiger partial charge in [-0.3, -0.25) is 4.28 Å². The summed E-state index contributed by atoms with van der Waals surface area (Å²) in [5.74, 6) is 0.